The van der Waals surface area contributed by atoms with Gasteiger partial charge >= 0.3 is 0 Å². The van der Waals surface area contributed by atoms with Gasteiger partial charge in [0.05, 0.1) is 0 Å². The molecule has 1 aliphatic carbocycles. The molecule has 2 nitrogen and oxygen atoms in total. The standard InChI is InChI=1S/C12H24N2/c1-4-6-12(10-13-3)14(9-5-2)11-7-8-11/h5,11-13H,2,4,6-10H2,1,3H3. The predicted molar refractivity (Wildman–Crippen MR) is 62.5 cm³/mol. The molecule has 0 amide bonds. The van der Waals surface area contributed by atoms with Gasteiger partial charge in [0, 0.05) is 25.2 Å². The van der Waals surface area contributed by atoms with Crippen molar-refractivity contribution in [1.82, 2.24) is 10.2 Å². The Morgan fingerprint density at radius 2 is 2.29 bits per heavy atom. The van der Waals surface area contributed by atoms with Gasteiger partial charge in [0.2, 0.25) is 0 Å². The summed E-state index contributed by atoms with van der Waals surface area (Å²) in [5.41, 5.74) is 0. The average Bonchev–Trinajstić information content (AvgIpc) is 2.97. The molecule has 82 valence electrons. The number of likely N-dealkylation sites (N-methyl/N-ethyl adjacent to an activating group) is 1. The minimum Gasteiger partial charge on any atom is -0.318 e. The van der Waals surface area contributed by atoms with Crippen molar-refractivity contribution < 1.29 is 0 Å². The Morgan fingerprint density at radius 3 is 2.71 bits per heavy atom. The van der Waals surface area contributed by atoms with Gasteiger partial charge in [-0.3, -0.25) is 4.90 Å². The van der Waals surface area contributed by atoms with Gasteiger partial charge in [-0.15, -0.1) is 6.58 Å². The molecule has 1 N–H and O–H groups in total. The zero-order chi connectivity index (χ0) is 10.4. The number of hydrogen-bond acceptors (Lipinski definition) is 2. The Hall–Kier alpha value is -0.340. The molecule has 0 aliphatic heterocycles. The number of nitrogens with zero attached hydrogens (tertiary/aromatic N) is 1. The second kappa shape index (κ2) is 6.20. The van der Waals surface area contributed by atoms with E-state index in [1.165, 1.54) is 25.7 Å². The van der Waals surface area contributed by atoms with Gasteiger partial charge in [-0.25, -0.2) is 0 Å². The van der Waals surface area contributed by atoms with Gasteiger partial charge in [-0.05, 0) is 26.3 Å². The molecule has 1 saturated carbocycles. The molecule has 2 heteroatoms. The molecule has 0 aromatic heterocycles. The van der Waals surface area contributed by atoms with Crippen molar-refractivity contribution >= 4 is 0 Å². The van der Waals surface area contributed by atoms with Crippen LogP contribution in [0.5, 0.6) is 0 Å². The summed E-state index contributed by atoms with van der Waals surface area (Å²) >= 11 is 0. The normalized spacial score (nSPS) is 18.5. The van der Waals surface area contributed by atoms with Gasteiger partial charge in [0.15, 0.2) is 0 Å². The Balaban J connectivity index is 2.45. The minimum absolute atomic E-state index is 0.704. The molecular formula is C12H24N2. The van der Waals surface area contributed by atoms with Crippen LogP contribution >= 0.6 is 0 Å². The quantitative estimate of drug-likeness (QED) is 0.598. The number of hydrogen-bond donors (Lipinski definition) is 1. The molecule has 1 fully saturated rings. The van der Waals surface area contributed by atoms with E-state index in [1.54, 1.807) is 0 Å². The molecule has 0 spiro atoms. The van der Waals surface area contributed by atoms with E-state index in [-0.39, 0.29) is 0 Å². The van der Waals surface area contributed by atoms with Gasteiger partial charge in [0.1, 0.15) is 0 Å². The summed E-state index contributed by atoms with van der Waals surface area (Å²) in [6, 6.07) is 1.55. The topological polar surface area (TPSA) is 15.3 Å². The van der Waals surface area contributed by atoms with Crippen molar-refractivity contribution in [2.45, 2.75) is 44.7 Å². The summed E-state index contributed by atoms with van der Waals surface area (Å²) in [5.74, 6) is 0. The lowest BCUT2D eigenvalue weighted by Gasteiger charge is -2.30. The van der Waals surface area contributed by atoms with Crippen molar-refractivity contribution in [3.8, 4) is 0 Å². The van der Waals surface area contributed by atoms with Crippen molar-refractivity contribution in [2.75, 3.05) is 20.1 Å². The van der Waals surface area contributed by atoms with Crippen LogP contribution in [-0.2, 0) is 0 Å². The van der Waals surface area contributed by atoms with Crippen LogP contribution in [0.1, 0.15) is 32.6 Å². The van der Waals surface area contributed by atoms with Gasteiger partial charge < -0.3 is 5.32 Å². The van der Waals surface area contributed by atoms with Crippen molar-refractivity contribution in [1.29, 1.82) is 0 Å². The first-order valence-corrected chi connectivity index (χ1v) is 5.84. The lowest BCUT2D eigenvalue weighted by molar-refractivity contribution is 0.193. The maximum absolute atomic E-state index is 3.85. The molecule has 1 atom stereocenters. The summed E-state index contributed by atoms with van der Waals surface area (Å²) in [4.78, 5) is 2.62. The Kier molecular flexibility index (Phi) is 5.20. The smallest absolute Gasteiger partial charge is 0.0226 e. The average molecular weight is 196 g/mol. The molecule has 0 heterocycles. The van der Waals surface area contributed by atoms with E-state index in [0.717, 1.165) is 19.1 Å². The van der Waals surface area contributed by atoms with Crippen LogP contribution in [0.25, 0.3) is 0 Å². The van der Waals surface area contributed by atoms with E-state index in [0.29, 0.717) is 6.04 Å². The Bertz CT molecular complexity index is 158. The van der Waals surface area contributed by atoms with Gasteiger partial charge in [-0.1, -0.05) is 19.4 Å². The Labute approximate surface area is 88.4 Å². The van der Waals surface area contributed by atoms with E-state index < -0.39 is 0 Å². The summed E-state index contributed by atoms with van der Waals surface area (Å²) < 4.78 is 0. The van der Waals surface area contributed by atoms with E-state index in [9.17, 15) is 0 Å². The van der Waals surface area contributed by atoms with Crippen molar-refractivity contribution in [3.05, 3.63) is 12.7 Å². The van der Waals surface area contributed by atoms with Crippen LogP contribution in [0.2, 0.25) is 0 Å². The molecule has 14 heavy (non-hydrogen) atoms. The first-order valence-electron chi connectivity index (χ1n) is 5.84. The molecule has 0 bridgehead atoms. The highest BCUT2D eigenvalue weighted by molar-refractivity contribution is 4.92. The molecular weight excluding hydrogens is 172 g/mol. The van der Waals surface area contributed by atoms with Crippen LogP contribution in [-0.4, -0.2) is 37.1 Å². The zero-order valence-corrected chi connectivity index (χ0v) is 9.63. The molecule has 0 saturated heterocycles. The highest BCUT2D eigenvalue weighted by atomic mass is 15.2. The predicted octanol–water partition coefficient (Wildman–Crippen LogP) is 2.02. The summed E-state index contributed by atoms with van der Waals surface area (Å²) in [7, 11) is 2.04. The van der Waals surface area contributed by atoms with E-state index in [1.807, 2.05) is 13.1 Å². The van der Waals surface area contributed by atoms with E-state index in [2.05, 4.69) is 23.7 Å². The fraction of sp³-hybridized carbons (Fsp3) is 0.833. The third-order valence-corrected chi connectivity index (χ3v) is 2.89. The van der Waals surface area contributed by atoms with Crippen LogP contribution < -0.4 is 5.32 Å². The molecule has 0 aromatic carbocycles. The number of rotatable bonds is 8. The fourth-order valence-corrected chi connectivity index (χ4v) is 2.11. The molecule has 1 rings (SSSR count). The molecule has 1 unspecified atom stereocenters. The van der Waals surface area contributed by atoms with Gasteiger partial charge in [-0.2, -0.15) is 0 Å². The van der Waals surface area contributed by atoms with Crippen LogP contribution in [0.3, 0.4) is 0 Å². The van der Waals surface area contributed by atoms with Crippen LogP contribution in [0.4, 0.5) is 0 Å². The number of nitrogens with one attached hydrogen (secondary N) is 1. The van der Waals surface area contributed by atoms with E-state index in [4.69, 9.17) is 0 Å². The summed E-state index contributed by atoms with van der Waals surface area (Å²) in [6.45, 7) is 8.28. The fourth-order valence-electron chi connectivity index (χ4n) is 2.11. The summed E-state index contributed by atoms with van der Waals surface area (Å²) in [6.07, 6.45) is 7.38. The van der Waals surface area contributed by atoms with E-state index >= 15 is 0 Å². The third kappa shape index (κ3) is 3.43. The molecule has 1 aliphatic rings. The van der Waals surface area contributed by atoms with Crippen LogP contribution in [0.15, 0.2) is 12.7 Å². The SMILES string of the molecule is C=CCN(C1CC1)C(CCC)CNC. The lowest BCUT2D eigenvalue weighted by atomic mass is 10.1. The maximum Gasteiger partial charge on any atom is 0.0226 e. The van der Waals surface area contributed by atoms with Gasteiger partial charge in [0.25, 0.3) is 0 Å². The lowest BCUT2D eigenvalue weighted by Crippen LogP contribution is -2.43. The highest BCUT2D eigenvalue weighted by Crippen LogP contribution is 2.29. The van der Waals surface area contributed by atoms with Crippen LogP contribution in [0, 0.1) is 0 Å². The zero-order valence-electron chi connectivity index (χ0n) is 9.63. The highest BCUT2D eigenvalue weighted by Gasteiger charge is 2.32. The molecule has 0 aromatic rings. The summed E-state index contributed by atoms with van der Waals surface area (Å²) in [5, 5.41) is 3.30. The first kappa shape index (κ1) is 11.7. The molecule has 0 radical (unpaired) electrons. The second-order valence-corrected chi connectivity index (χ2v) is 4.22. The first-order chi connectivity index (χ1) is 6.83. The largest absolute Gasteiger partial charge is 0.318 e. The minimum atomic E-state index is 0.704. The third-order valence-electron chi connectivity index (χ3n) is 2.89. The second-order valence-electron chi connectivity index (χ2n) is 4.22. The van der Waals surface area contributed by atoms with Crippen molar-refractivity contribution in [2.24, 2.45) is 0 Å². The Morgan fingerprint density at radius 1 is 1.57 bits per heavy atom. The monoisotopic (exact) mass is 196 g/mol. The maximum atomic E-state index is 3.85. The van der Waals surface area contributed by atoms with Crippen molar-refractivity contribution in [3.63, 3.8) is 0 Å².